The van der Waals surface area contributed by atoms with Gasteiger partial charge in [0.15, 0.2) is 6.61 Å². The third kappa shape index (κ3) is 4.10. The van der Waals surface area contributed by atoms with E-state index in [1.807, 2.05) is 44.2 Å². The Morgan fingerprint density at radius 2 is 1.91 bits per heavy atom. The molecule has 22 heavy (non-hydrogen) atoms. The molecule has 0 spiro atoms. The molecule has 1 unspecified atom stereocenters. The van der Waals surface area contributed by atoms with Gasteiger partial charge in [0.05, 0.1) is 17.7 Å². The van der Waals surface area contributed by atoms with Gasteiger partial charge in [0, 0.05) is 0 Å². The van der Waals surface area contributed by atoms with Gasteiger partial charge in [-0.1, -0.05) is 24.3 Å². The molecule has 0 aliphatic rings. The number of benzene rings is 2. The van der Waals surface area contributed by atoms with Crippen LogP contribution < -0.4 is 10.1 Å². The number of ether oxygens (including phenoxy) is 1. The molecule has 0 saturated heterocycles. The van der Waals surface area contributed by atoms with Crippen LogP contribution in [-0.2, 0) is 4.79 Å². The highest BCUT2D eigenvalue weighted by Crippen LogP contribution is 2.16. The summed E-state index contributed by atoms with van der Waals surface area (Å²) in [6, 6.07) is 16.6. The lowest BCUT2D eigenvalue weighted by Gasteiger charge is -2.16. The van der Waals surface area contributed by atoms with E-state index in [4.69, 9.17) is 10.00 Å². The average Bonchev–Trinajstić information content (AvgIpc) is 2.53. The van der Waals surface area contributed by atoms with Crippen molar-refractivity contribution in [1.29, 1.82) is 5.26 Å². The van der Waals surface area contributed by atoms with Crippen LogP contribution in [0.25, 0.3) is 0 Å². The summed E-state index contributed by atoms with van der Waals surface area (Å²) < 4.78 is 5.41. The molecule has 0 fully saturated rings. The second-order valence-electron chi connectivity index (χ2n) is 5.07. The van der Waals surface area contributed by atoms with Gasteiger partial charge in [-0.3, -0.25) is 4.79 Å². The minimum absolute atomic E-state index is 0.0535. The Bertz CT molecular complexity index is 687. The van der Waals surface area contributed by atoms with Gasteiger partial charge in [-0.05, 0) is 49.2 Å². The molecule has 0 bridgehead atoms. The van der Waals surface area contributed by atoms with Crippen molar-refractivity contribution in [2.24, 2.45) is 0 Å². The number of rotatable bonds is 5. The number of carbonyl (C=O) groups excluding carboxylic acids is 1. The van der Waals surface area contributed by atoms with Gasteiger partial charge >= 0.3 is 0 Å². The fraction of sp³-hybridized carbons (Fsp3) is 0.222. The van der Waals surface area contributed by atoms with E-state index in [1.165, 1.54) is 0 Å². The van der Waals surface area contributed by atoms with E-state index in [2.05, 4.69) is 5.32 Å². The molecular weight excluding hydrogens is 276 g/mol. The molecule has 2 aromatic carbocycles. The monoisotopic (exact) mass is 294 g/mol. The minimum Gasteiger partial charge on any atom is -0.484 e. The van der Waals surface area contributed by atoms with E-state index in [1.54, 1.807) is 24.3 Å². The van der Waals surface area contributed by atoms with E-state index < -0.39 is 0 Å². The highest BCUT2D eigenvalue weighted by Gasteiger charge is 2.11. The normalized spacial score (nSPS) is 11.3. The van der Waals surface area contributed by atoms with Crippen molar-refractivity contribution in [2.45, 2.75) is 19.9 Å². The Kier molecular flexibility index (Phi) is 5.16. The highest BCUT2D eigenvalue weighted by atomic mass is 16.5. The predicted molar refractivity (Wildman–Crippen MR) is 84.4 cm³/mol. The maximum absolute atomic E-state index is 11.9. The molecule has 0 aliphatic heterocycles. The van der Waals surface area contributed by atoms with Crippen LogP contribution in [0.4, 0.5) is 0 Å². The molecule has 4 heteroatoms. The quantitative estimate of drug-likeness (QED) is 0.921. The zero-order valence-electron chi connectivity index (χ0n) is 12.7. The number of hydrogen-bond acceptors (Lipinski definition) is 3. The summed E-state index contributed by atoms with van der Waals surface area (Å²) >= 11 is 0. The number of hydrogen-bond donors (Lipinski definition) is 1. The summed E-state index contributed by atoms with van der Waals surface area (Å²) in [7, 11) is 0. The van der Waals surface area contributed by atoms with Crippen LogP contribution in [0.1, 0.15) is 29.7 Å². The van der Waals surface area contributed by atoms with E-state index in [-0.39, 0.29) is 18.6 Å². The molecule has 0 aromatic heterocycles. The Morgan fingerprint density at radius 1 is 1.23 bits per heavy atom. The largest absolute Gasteiger partial charge is 0.484 e. The van der Waals surface area contributed by atoms with E-state index in [0.717, 1.165) is 11.1 Å². The van der Waals surface area contributed by atoms with Crippen LogP contribution >= 0.6 is 0 Å². The van der Waals surface area contributed by atoms with Gasteiger partial charge in [0.1, 0.15) is 5.75 Å². The van der Waals surface area contributed by atoms with Gasteiger partial charge in [-0.2, -0.15) is 5.26 Å². The molecule has 0 aliphatic carbocycles. The zero-order valence-corrected chi connectivity index (χ0v) is 12.7. The van der Waals surface area contributed by atoms with Gasteiger partial charge in [0.2, 0.25) is 0 Å². The third-order valence-electron chi connectivity index (χ3n) is 3.39. The molecule has 0 saturated carbocycles. The van der Waals surface area contributed by atoms with Crippen molar-refractivity contribution in [3.05, 3.63) is 65.2 Å². The fourth-order valence-corrected chi connectivity index (χ4v) is 2.21. The van der Waals surface area contributed by atoms with Crippen molar-refractivity contribution in [3.8, 4) is 11.8 Å². The van der Waals surface area contributed by atoms with Gasteiger partial charge in [-0.15, -0.1) is 0 Å². The van der Waals surface area contributed by atoms with Gasteiger partial charge in [0.25, 0.3) is 5.91 Å². The van der Waals surface area contributed by atoms with Crippen molar-refractivity contribution in [1.82, 2.24) is 5.32 Å². The van der Waals surface area contributed by atoms with E-state index in [9.17, 15) is 4.79 Å². The number of aryl methyl sites for hydroxylation is 1. The summed E-state index contributed by atoms with van der Waals surface area (Å²) in [5.74, 6) is 0.387. The second-order valence-corrected chi connectivity index (χ2v) is 5.07. The number of nitrogens with zero attached hydrogens (tertiary/aromatic N) is 1. The first-order chi connectivity index (χ1) is 10.6. The summed E-state index contributed by atoms with van der Waals surface area (Å²) in [5.41, 5.74) is 2.79. The average molecular weight is 294 g/mol. The van der Waals surface area contributed by atoms with E-state index >= 15 is 0 Å². The first-order valence-electron chi connectivity index (χ1n) is 7.08. The van der Waals surface area contributed by atoms with Crippen molar-refractivity contribution >= 4 is 5.91 Å². The van der Waals surface area contributed by atoms with Crippen LogP contribution in [0.3, 0.4) is 0 Å². The first kappa shape index (κ1) is 15.6. The van der Waals surface area contributed by atoms with Crippen molar-refractivity contribution in [2.75, 3.05) is 6.61 Å². The third-order valence-corrected chi connectivity index (χ3v) is 3.39. The number of nitrogens with one attached hydrogen (secondary N) is 1. The van der Waals surface area contributed by atoms with E-state index in [0.29, 0.717) is 11.3 Å². The molecule has 1 atom stereocenters. The Hall–Kier alpha value is -2.80. The standard InChI is InChI=1S/C18H18N2O2/c1-13-5-3-4-6-17(13)14(2)20-18(21)12-22-16-9-7-15(11-19)8-10-16/h3-10,14H,12H2,1-2H3,(H,20,21). The summed E-state index contributed by atoms with van der Waals surface area (Å²) in [5, 5.41) is 11.6. The van der Waals surface area contributed by atoms with Gasteiger partial charge < -0.3 is 10.1 Å². The number of carbonyl (C=O) groups is 1. The summed E-state index contributed by atoms with van der Waals surface area (Å²) in [4.78, 5) is 11.9. The van der Waals surface area contributed by atoms with Crippen LogP contribution in [-0.4, -0.2) is 12.5 Å². The molecule has 1 amide bonds. The Balaban J connectivity index is 1.87. The molecule has 112 valence electrons. The van der Waals surface area contributed by atoms with Crippen LogP contribution in [0, 0.1) is 18.3 Å². The molecule has 2 rings (SSSR count). The minimum atomic E-state index is -0.180. The zero-order chi connectivity index (χ0) is 15.9. The SMILES string of the molecule is Cc1ccccc1C(C)NC(=O)COc1ccc(C#N)cc1. The maximum Gasteiger partial charge on any atom is 0.258 e. The molecule has 0 radical (unpaired) electrons. The smallest absolute Gasteiger partial charge is 0.258 e. The van der Waals surface area contributed by atoms with Crippen LogP contribution in [0.2, 0.25) is 0 Å². The number of nitriles is 1. The topological polar surface area (TPSA) is 62.1 Å². The summed E-state index contributed by atoms with van der Waals surface area (Å²) in [6.45, 7) is 3.91. The Labute approximate surface area is 130 Å². The number of amides is 1. The van der Waals surface area contributed by atoms with Crippen LogP contribution in [0.15, 0.2) is 48.5 Å². The molecular formula is C18H18N2O2. The fourth-order valence-electron chi connectivity index (χ4n) is 2.21. The molecule has 0 heterocycles. The lowest BCUT2D eigenvalue weighted by Crippen LogP contribution is -2.31. The first-order valence-corrected chi connectivity index (χ1v) is 7.08. The second kappa shape index (κ2) is 7.28. The van der Waals surface area contributed by atoms with Crippen molar-refractivity contribution < 1.29 is 9.53 Å². The molecule has 1 N–H and O–H groups in total. The predicted octanol–water partition coefficient (Wildman–Crippen LogP) is 3.12. The molecule has 4 nitrogen and oxygen atoms in total. The maximum atomic E-state index is 11.9. The lowest BCUT2D eigenvalue weighted by atomic mass is 10.0. The Morgan fingerprint density at radius 3 is 2.55 bits per heavy atom. The lowest BCUT2D eigenvalue weighted by molar-refractivity contribution is -0.123. The van der Waals surface area contributed by atoms with Gasteiger partial charge in [-0.25, -0.2) is 0 Å². The van der Waals surface area contributed by atoms with Crippen LogP contribution in [0.5, 0.6) is 5.75 Å². The molecule has 2 aromatic rings. The summed E-state index contributed by atoms with van der Waals surface area (Å²) in [6.07, 6.45) is 0. The van der Waals surface area contributed by atoms with Crippen molar-refractivity contribution in [3.63, 3.8) is 0 Å². The highest BCUT2D eigenvalue weighted by molar-refractivity contribution is 5.78.